The second kappa shape index (κ2) is 6.75. The van der Waals surface area contributed by atoms with Crippen LogP contribution in [-0.4, -0.2) is 68.4 Å². The quantitative estimate of drug-likeness (QED) is 0.850. The van der Waals surface area contributed by atoms with Gasteiger partial charge in [0.05, 0.1) is 19.3 Å². The first kappa shape index (κ1) is 15.4. The van der Waals surface area contributed by atoms with E-state index in [1.807, 2.05) is 0 Å². The predicted octanol–water partition coefficient (Wildman–Crippen LogP) is 2.06. The van der Waals surface area contributed by atoms with E-state index in [1.54, 1.807) is 11.3 Å². The Morgan fingerprint density at radius 3 is 3.14 bits per heavy atom. The highest BCUT2D eigenvalue weighted by molar-refractivity contribution is 7.07. The Morgan fingerprint density at radius 2 is 2.38 bits per heavy atom. The van der Waals surface area contributed by atoms with Crippen molar-refractivity contribution in [2.45, 2.75) is 31.1 Å². The summed E-state index contributed by atoms with van der Waals surface area (Å²) in [7, 11) is 4.22. The van der Waals surface area contributed by atoms with Gasteiger partial charge in [0.1, 0.15) is 5.60 Å². The number of hydrogen-bond donors (Lipinski definition) is 0. The molecule has 0 aromatic carbocycles. The van der Waals surface area contributed by atoms with E-state index >= 15 is 0 Å². The molecule has 0 amide bonds. The summed E-state index contributed by atoms with van der Waals surface area (Å²) in [4.78, 5) is 4.71. The first-order valence-electron chi connectivity index (χ1n) is 7.79. The molecule has 0 radical (unpaired) electrons. The first-order chi connectivity index (χ1) is 10.2. The Morgan fingerprint density at radius 1 is 1.48 bits per heavy atom. The summed E-state index contributed by atoms with van der Waals surface area (Å²) in [6.45, 7) is 5.57. The molecule has 1 aromatic rings. The smallest absolute Gasteiger partial charge is 0.105 e. The molecule has 0 aliphatic carbocycles. The third-order valence-electron chi connectivity index (χ3n) is 4.32. The largest absolute Gasteiger partial charge is 0.377 e. The van der Waals surface area contributed by atoms with E-state index in [-0.39, 0.29) is 5.60 Å². The van der Waals surface area contributed by atoms with Gasteiger partial charge in [0.2, 0.25) is 0 Å². The normalized spacial score (nSPS) is 31.1. The van der Waals surface area contributed by atoms with E-state index in [1.165, 1.54) is 5.56 Å². The van der Waals surface area contributed by atoms with Crippen molar-refractivity contribution in [3.8, 4) is 0 Å². The summed E-state index contributed by atoms with van der Waals surface area (Å²) in [5, 5.41) is 4.39. The maximum atomic E-state index is 6.42. The van der Waals surface area contributed by atoms with Crippen LogP contribution in [0.3, 0.4) is 0 Å². The molecule has 21 heavy (non-hydrogen) atoms. The lowest BCUT2D eigenvalue weighted by atomic mass is 10.00. The Labute approximate surface area is 131 Å². The Hall–Kier alpha value is -0.460. The molecule has 0 unspecified atom stereocenters. The fourth-order valence-electron chi connectivity index (χ4n) is 3.41. The summed E-state index contributed by atoms with van der Waals surface area (Å²) >= 11 is 1.77. The minimum atomic E-state index is -0.0901. The van der Waals surface area contributed by atoms with Crippen molar-refractivity contribution in [2.75, 3.05) is 46.9 Å². The van der Waals surface area contributed by atoms with Crippen LogP contribution in [0.1, 0.15) is 18.4 Å². The van der Waals surface area contributed by atoms with Gasteiger partial charge in [-0.1, -0.05) is 0 Å². The number of likely N-dealkylation sites (N-methyl/N-ethyl adjacent to an activating group) is 1. The summed E-state index contributed by atoms with van der Waals surface area (Å²) in [5.74, 6) is 0. The average molecular weight is 310 g/mol. The molecule has 4 nitrogen and oxygen atoms in total. The highest BCUT2D eigenvalue weighted by atomic mass is 32.1. The van der Waals surface area contributed by atoms with Gasteiger partial charge >= 0.3 is 0 Å². The number of nitrogens with zero attached hydrogens (tertiary/aromatic N) is 2. The molecule has 1 spiro atoms. The minimum absolute atomic E-state index is 0.0901. The van der Waals surface area contributed by atoms with E-state index in [9.17, 15) is 0 Å². The van der Waals surface area contributed by atoms with Crippen molar-refractivity contribution < 1.29 is 9.47 Å². The van der Waals surface area contributed by atoms with Crippen LogP contribution in [0.25, 0.3) is 0 Å². The Kier molecular flexibility index (Phi) is 4.96. The van der Waals surface area contributed by atoms with Gasteiger partial charge in [0.15, 0.2) is 0 Å². The van der Waals surface area contributed by atoms with Crippen molar-refractivity contribution in [1.29, 1.82) is 0 Å². The van der Waals surface area contributed by atoms with Crippen LogP contribution < -0.4 is 0 Å². The summed E-state index contributed by atoms with van der Waals surface area (Å²) in [6, 6.07) is 2.22. The van der Waals surface area contributed by atoms with Gasteiger partial charge in [-0.3, -0.25) is 4.90 Å². The molecule has 0 N–H and O–H groups in total. The molecule has 2 fully saturated rings. The molecule has 2 atom stereocenters. The molecule has 1 aromatic heterocycles. The predicted molar refractivity (Wildman–Crippen MR) is 85.8 cm³/mol. The molecule has 2 aliphatic heterocycles. The summed E-state index contributed by atoms with van der Waals surface area (Å²) in [6.07, 6.45) is 2.61. The third-order valence-corrected chi connectivity index (χ3v) is 5.05. The van der Waals surface area contributed by atoms with Crippen molar-refractivity contribution >= 4 is 11.3 Å². The number of ether oxygens (including phenoxy) is 2. The van der Waals surface area contributed by atoms with Crippen LogP contribution in [-0.2, 0) is 16.0 Å². The maximum absolute atomic E-state index is 6.42. The van der Waals surface area contributed by atoms with Gasteiger partial charge in [-0.2, -0.15) is 11.3 Å². The van der Waals surface area contributed by atoms with Gasteiger partial charge in [0.25, 0.3) is 0 Å². The number of rotatable bonds is 4. The van der Waals surface area contributed by atoms with Crippen molar-refractivity contribution in [2.24, 2.45) is 0 Å². The zero-order valence-corrected chi connectivity index (χ0v) is 13.9. The van der Waals surface area contributed by atoms with E-state index in [4.69, 9.17) is 9.47 Å². The summed E-state index contributed by atoms with van der Waals surface area (Å²) < 4.78 is 12.3. The molecule has 2 aliphatic rings. The second-order valence-corrected chi connectivity index (χ2v) is 7.40. The topological polar surface area (TPSA) is 24.9 Å². The lowest BCUT2D eigenvalue weighted by Crippen LogP contribution is -2.44. The van der Waals surface area contributed by atoms with Gasteiger partial charge in [-0.25, -0.2) is 0 Å². The molecular formula is C16H26N2O2S. The molecule has 0 bridgehead atoms. The molecule has 0 saturated carbocycles. The highest BCUT2D eigenvalue weighted by Crippen LogP contribution is 2.33. The van der Waals surface area contributed by atoms with Gasteiger partial charge in [-0.05, 0) is 49.3 Å². The summed E-state index contributed by atoms with van der Waals surface area (Å²) in [5.41, 5.74) is 1.31. The lowest BCUT2D eigenvalue weighted by Gasteiger charge is -2.32. The number of hydrogen-bond acceptors (Lipinski definition) is 5. The van der Waals surface area contributed by atoms with Crippen LogP contribution in [0.2, 0.25) is 0 Å². The van der Waals surface area contributed by atoms with Crippen molar-refractivity contribution in [3.05, 3.63) is 22.4 Å². The molecule has 118 valence electrons. The first-order valence-corrected chi connectivity index (χ1v) is 8.73. The third kappa shape index (κ3) is 4.05. The van der Waals surface area contributed by atoms with Crippen LogP contribution in [0.5, 0.6) is 0 Å². The van der Waals surface area contributed by atoms with Crippen LogP contribution in [0.15, 0.2) is 16.8 Å². The van der Waals surface area contributed by atoms with Crippen LogP contribution >= 0.6 is 11.3 Å². The van der Waals surface area contributed by atoms with Crippen molar-refractivity contribution in [1.82, 2.24) is 9.80 Å². The molecular weight excluding hydrogens is 284 g/mol. The lowest BCUT2D eigenvalue weighted by molar-refractivity contribution is -0.0902. The Balaban J connectivity index is 1.62. The van der Waals surface area contributed by atoms with E-state index in [2.05, 4.69) is 40.7 Å². The zero-order chi connectivity index (χ0) is 14.7. The monoisotopic (exact) mass is 310 g/mol. The van der Waals surface area contributed by atoms with Crippen molar-refractivity contribution in [3.63, 3.8) is 0 Å². The molecule has 2 saturated heterocycles. The van der Waals surface area contributed by atoms with E-state index in [0.717, 1.165) is 52.2 Å². The van der Waals surface area contributed by atoms with Gasteiger partial charge < -0.3 is 14.4 Å². The van der Waals surface area contributed by atoms with Crippen LogP contribution in [0, 0.1) is 0 Å². The average Bonchev–Trinajstić information content (AvgIpc) is 3.00. The van der Waals surface area contributed by atoms with Crippen LogP contribution in [0.4, 0.5) is 0 Å². The SMILES string of the molecule is CN(C)C[C@H]1CC[C@@]2(COCCN(Cc3ccsc3)C2)O1. The van der Waals surface area contributed by atoms with E-state index in [0.29, 0.717) is 6.10 Å². The standard InChI is InChI=1S/C16H26N2O2S/c1-17(2)10-15-3-5-16(20-15)12-18(6-7-19-13-16)9-14-4-8-21-11-14/h4,8,11,15H,3,5-7,9-10,12-13H2,1-2H3/t15-,16-/m1/s1. The Bertz CT molecular complexity index is 437. The maximum Gasteiger partial charge on any atom is 0.105 e. The van der Waals surface area contributed by atoms with Gasteiger partial charge in [-0.15, -0.1) is 0 Å². The highest BCUT2D eigenvalue weighted by Gasteiger charge is 2.43. The second-order valence-electron chi connectivity index (χ2n) is 6.62. The van der Waals surface area contributed by atoms with E-state index < -0.39 is 0 Å². The fraction of sp³-hybridized carbons (Fsp3) is 0.750. The molecule has 5 heteroatoms. The molecule has 3 heterocycles. The minimum Gasteiger partial charge on any atom is -0.377 e. The molecule has 3 rings (SSSR count). The van der Waals surface area contributed by atoms with Gasteiger partial charge in [0, 0.05) is 26.2 Å². The fourth-order valence-corrected chi connectivity index (χ4v) is 4.07. The zero-order valence-electron chi connectivity index (χ0n) is 13.1. The number of thiophene rings is 1.